The smallest absolute Gasteiger partial charge is 0.306 e. The molecular formula is C76H128O6. The molecule has 0 heterocycles. The quantitative estimate of drug-likeness (QED) is 0.0261. The van der Waals surface area contributed by atoms with Crippen LogP contribution in [0, 0.1) is 0 Å². The molecular weight excluding hydrogens is 1010 g/mol. The van der Waals surface area contributed by atoms with Gasteiger partial charge in [0, 0.05) is 19.3 Å². The van der Waals surface area contributed by atoms with E-state index in [2.05, 4.69) is 142 Å². The lowest BCUT2D eigenvalue weighted by Crippen LogP contribution is -2.30. The molecule has 0 aromatic rings. The van der Waals surface area contributed by atoms with Crippen molar-refractivity contribution >= 4 is 17.9 Å². The Balaban J connectivity index is 4.33. The summed E-state index contributed by atoms with van der Waals surface area (Å²) in [5.74, 6) is -0.900. The number of hydrogen-bond acceptors (Lipinski definition) is 6. The fourth-order valence-electron chi connectivity index (χ4n) is 9.51. The lowest BCUT2D eigenvalue weighted by molar-refractivity contribution is -0.167. The zero-order valence-electron chi connectivity index (χ0n) is 53.7. The lowest BCUT2D eigenvalue weighted by atomic mass is 10.1. The van der Waals surface area contributed by atoms with Crippen LogP contribution in [0.5, 0.6) is 0 Å². The van der Waals surface area contributed by atoms with Gasteiger partial charge in [-0.05, 0) is 135 Å². The van der Waals surface area contributed by atoms with Gasteiger partial charge in [0.15, 0.2) is 6.10 Å². The minimum atomic E-state index is -0.792. The molecule has 0 aliphatic rings. The van der Waals surface area contributed by atoms with Crippen LogP contribution >= 0.6 is 0 Å². The van der Waals surface area contributed by atoms with Crippen LogP contribution in [0.2, 0.25) is 0 Å². The zero-order chi connectivity index (χ0) is 59.2. The summed E-state index contributed by atoms with van der Waals surface area (Å²) in [6.07, 6.45) is 96.4. The Bertz CT molecular complexity index is 1690. The second kappa shape index (κ2) is 69.3. The van der Waals surface area contributed by atoms with E-state index in [1.807, 2.05) is 0 Å². The lowest BCUT2D eigenvalue weighted by Gasteiger charge is -2.18. The molecule has 0 aliphatic carbocycles. The van der Waals surface area contributed by atoms with Crippen LogP contribution in [0.1, 0.15) is 323 Å². The summed E-state index contributed by atoms with van der Waals surface area (Å²) < 4.78 is 17.0. The van der Waals surface area contributed by atoms with Crippen molar-refractivity contribution in [3.63, 3.8) is 0 Å². The van der Waals surface area contributed by atoms with E-state index in [-0.39, 0.29) is 31.1 Å². The molecule has 6 heteroatoms. The first kappa shape index (κ1) is 77.8. The summed E-state index contributed by atoms with van der Waals surface area (Å²) >= 11 is 0. The fourth-order valence-corrected chi connectivity index (χ4v) is 9.51. The third-order valence-electron chi connectivity index (χ3n) is 14.7. The van der Waals surface area contributed by atoms with E-state index in [0.29, 0.717) is 19.3 Å². The zero-order valence-corrected chi connectivity index (χ0v) is 53.7. The monoisotopic (exact) mass is 1140 g/mol. The second-order valence-corrected chi connectivity index (χ2v) is 22.7. The van der Waals surface area contributed by atoms with E-state index in [0.717, 1.165) is 128 Å². The molecule has 1 unspecified atom stereocenters. The van der Waals surface area contributed by atoms with Gasteiger partial charge in [0.2, 0.25) is 0 Å². The van der Waals surface area contributed by atoms with E-state index in [4.69, 9.17) is 14.2 Å². The van der Waals surface area contributed by atoms with Crippen molar-refractivity contribution in [1.29, 1.82) is 0 Å². The summed E-state index contributed by atoms with van der Waals surface area (Å²) in [4.78, 5) is 38.4. The van der Waals surface area contributed by atoms with Crippen molar-refractivity contribution in [2.24, 2.45) is 0 Å². The Hall–Kier alpha value is -4.19. The highest BCUT2D eigenvalue weighted by Crippen LogP contribution is 2.16. The van der Waals surface area contributed by atoms with Gasteiger partial charge in [0.05, 0.1) is 0 Å². The van der Waals surface area contributed by atoms with Crippen molar-refractivity contribution in [2.45, 2.75) is 329 Å². The Labute approximate surface area is 507 Å². The van der Waals surface area contributed by atoms with Crippen LogP contribution in [-0.2, 0) is 28.6 Å². The van der Waals surface area contributed by atoms with Gasteiger partial charge in [-0.15, -0.1) is 0 Å². The van der Waals surface area contributed by atoms with Gasteiger partial charge in [-0.3, -0.25) is 14.4 Å². The maximum absolute atomic E-state index is 12.9. The minimum absolute atomic E-state index is 0.0875. The number of unbranched alkanes of at least 4 members (excludes halogenated alkanes) is 31. The topological polar surface area (TPSA) is 78.9 Å². The summed E-state index contributed by atoms with van der Waals surface area (Å²) in [5.41, 5.74) is 0. The molecule has 0 aliphatic heterocycles. The van der Waals surface area contributed by atoms with Gasteiger partial charge in [-0.1, -0.05) is 290 Å². The highest BCUT2D eigenvalue weighted by molar-refractivity contribution is 5.71. The first-order chi connectivity index (χ1) is 40.5. The highest BCUT2D eigenvalue weighted by Gasteiger charge is 2.19. The predicted molar refractivity (Wildman–Crippen MR) is 357 cm³/mol. The molecule has 0 N–H and O–H groups in total. The molecule has 6 nitrogen and oxygen atoms in total. The largest absolute Gasteiger partial charge is 0.462 e. The first-order valence-electron chi connectivity index (χ1n) is 34.5. The third-order valence-corrected chi connectivity index (χ3v) is 14.7. The predicted octanol–water partition coefficient (Wildman–Crippen LogP) is 23.9. The molecule has 0 saturated heterocycles. The molecule has 0 radical (unpaired) electrons. The van der Waals surface area contributed by atoms with Crippen molar-refractivity contribution < 1.29 is 28.6 Å². The van der Waals surface area contributed by atoms with Crippen molar-refractivity contribution in [2.75, 3.05) is 13.2 Å². The molecule has 0 aromatic carbocycles. The molecule has 0 rings (SSSR count). The Morgan fingerprint density at radius 3 is 0.780 bits per heavy atom. The number of esters is 3. The molecule has 0 aromatic heterocycles. The van der Waals surface area contributed by atoms with Crippen LogP contribution in [0.3, 0.4) is 0 Å². The SMILES string of the molecule is CC/C=C\C/C=C\C/C=C\C/C=C\C/C=C\C/C=C\C/C=C\CCCCCCCCCCCC(=O)OCC(COC(=O)CCCCCCC/C=C\CCCCCCCCC)OC(=O)CCCCCCCCC/C=C\C/C=C\CCCCC. The molecule has 82 heavy (non-hydrogen) atoms. The van der Waals surface area contributed by atoms with Gasteiger partial charge in [0.1, 0.15) is 13.2 Å². The standard InChI is InChI=1S/C76H128O6/c1-4-7-10-13-16-19-22-25-28-31-32-33-34-35-36-37-38-39-40-41-42-43-44-46-48-51-54-57-60-63-66-69-75(78)81-72-73(71-80-74(77)68-65-62-59-56-53-50-47-30-27-24-21-18-15-12-9-6-3)82-76(79)70-67-64-61-58-55-52-49-45-29-26-23-20-17-14-11-8-5-2/h7,10,16-17,19-20,25-26,28-30,32-33,35-36,38-39,41-42,47,73H,4-6,8-9,11-15,18,21-24,27,31,34,37,40,43-46,48-72H2,1-3H3/b10-7-,19-16-,20-17-,28-25-,29-26-,33-32-,36-35-,39-38-,42-41-,47-30-. The van der Waals surface area contributed by atoms with E-state index in [9.17, 15) is 14.4 Å². The number of hydrogen-bond donors (Lipinski definition) is 0. The van der Waals surface area contributed by atoms with Crippen molar-refractivity contribution in [3.8, 4) is 0 Å². The maximum atomic E-state index is 12.9. The summed E-state index contributed by atoms with van der Waals surface area (Å²) in [7, 11) is 0. The fraction of sp³-hybridized carbons (Fsp3) is 0.697. The second-order valence-electron chi connectivity index (χ2n) is 22.7. The summed E-state index contributed by atoms with van der Waals surface area (Å²) in [6.45, 7) is 6.51. The summed E-state index contributed by atoms with van der Waals surface area (Å²) in [6, 6.07) is 0. The van der Waals surface area contributed by atoms with E-state index < -0.39 is 6.10 Å². The van der Waals surface area contributed by atoms with Crippen LogP contribution in [0.15, 0.2) is 122 Å². The normalized spacial score (nSPS) is 12.9. The number of carbonyl (C=O) groups excluding carboxylic acids is 3. The van der Waals surface area contributed by atoms with Crippen molar-refractivity contribution in [3.05, 3.63) is 122 Å². The number of carbonyl (C=O) groups is 3. The molecule has 0 fully saturated rings. The number of ether oxygens (including phenoxy) is 3. The average Bonchev–Trinajstić information content (AvgIpc) is 3.48. The molecule has 0 amide bonds. The third kappa shape index (κ3) is 66.6. The Morgan fingerprint density at radius 1 is 0.256 bits per heavy atom. The minimum Gasteiger partial charge on any atom is -0.462 e. The molecule has 1 atom stereocenters. The molecule has 0 saturated carbocycles. The van der Waals surface area contributed by atoms with Crippen LogP contribution in [-0.4, -0.2) is 37.2 Å². The van der Waals surface area contributed by atoms with Gasteiger partial charge in [-0.2, -0.15) is 0 Å². The van der Waals surface area contributed by atoms with Gasteiger partial charge >= 0.3 is 17.9 Å². The van der Waals surface area contributed by atoms with Gasteiger partial charge in [-0.25, -0.2) is 0 Å². The highest BCUT2D eigenvalue weighted by atomic mass is 16.6. The average molecular weight is 1140 g/mol. The van der Waals surface area contributed by atoms with Crippen LogP contribution in [0.4, 0.5) is 0 Å². The van der Waals surface area contributed by atoms with Crippen molar-refractivity contribution in [1.82, 2.24) is 0 Å². The number of rotatable bonds is 62. The first-order valence-corrected chi connectivity index (χ1v) is 34.5. The summed E-state index contributed by atoms with van der Waals surface area (Å²) in [5, 5.41) is 0. The number of allylic oxidation sites excluding steroid dienone is 20. The van der Waals surface area contributed by atoms with E-state index >= 15 is 0 Å². The van der Waals surface area contributed by atoms with E-state index in [1.165, 1.54) is 154 Å². The maximum Gasteiger partial charge on any atom is 0.306 e. The molecule has 468 valence electrons. The molecule has 0 spiro atoms. The Kier molecular flexibility index (Phi) is 65.8. The van der Waals surface area contributed by atoms with Crippen LogP contribution < -0.4 is 0 Å². The van der Waals surface area contributed by atoms with Gasteiger partial charge in [0.25, 0.3) is 0 Å². The molecule has 0 bridgehead atoms. The van der Waals surface area contributed by atoms with Crippen LogP contribution in [0.25, 0.3) is 0 Å². The van der Waals surface area contributed by atoms with Gasteiger partial charge < -0.3 is 14.2 Å². The Morgan fingerprint density at radius 2 is 0.476 bits per heavy atom. The van der Waals surface area contributed by atoms with E-state index in [1.54, 1.807) is 0 Å².